The zero-order chi connectivity index (χ0) is 13.8. The summed E-state index contributed by atoms with van der Waals surface area (Å²) in [6.07, 6.45) is 0. The maximum absolute atomic E-state index is 11.5. The van der Waals surface area contributed by atoms with E-state index in [2.05, 4.69) is 36.4 Å². The van der Waals surface area contributed by atoms with Crippen molar-refractivity contribution >= 4 is 28.3 Å². The minimum Gasteiger partial charge on any atom is -0.346 e. The molecule has 0 saturated carbocycles. The average Bonchev–Trinajstić information content (AvgIpc) is 2.74. The molecule has 0 bridgehead atoms. The number of rotatable bonds is 4. The summed E-state index contributed by atoms with van der Waals surface area (Å²) >= 11 is 1.36. The molecule has 1 aromatic rings. The number of carbonyl (C=O) groups excluding carboxylic acids is 2. The zero-order valence-corrected chi connectivity index (χ0v) is 11.6. The second kappa shape index (κ2) is 5.92. The quantitative estimate of drug-likeness (QED) is 0.740. The molecule has 4 N–H and O–H groups in total. The van der Waals surface area contributed by atoms with Gasteiger partial charge in [0.25, 0.3) is 0 Å². The van der Waals surface area contributed by atoms with E-state index < -0.39 is 0 Å². The fraction of sp³-hybridized carbons (Fsp3) is 0.545. The van der Waals surface area contributed by atoms with Crippen molar-refractivity contribution in [3.8, 4) is 0 Å². The topological polar surface area (TPSA) is 97.1 Å². The van der Waals surface area contributed by atoms with Gasteiger partial charge in [-0.25, -0.2) is 4.98 Å². The summed E-state index contributed by atoms with van der Waals surface area (Å²) in [6, 6.07) is 0. The lowest BCUT2D eigenvalue weighted by Crippen LogP contribution is -2.36. The van der Waals surface area contributed by atoms with Gasteiger partial charge >= 0.3 is 0 Å². The summed E-state index contributed by atoms with van der Waals surface area (Å²) in [5.74, 6) is -0.675. The Morgan fingerprint density at radius 3 is 2.56 bits per heavy atom. The second-order valence-electron chi connectivity index (χ2n) is 4.82. The molecule has 1 rings (SSSR count). The lowest BCUT2D eigenvalue weighted by Gasteiger charge is -2.14. The number of aromatic nitrogens is 1. The van der Waals surface area contributed by atoms with Crippen LogP contribution in [0.1, 0.15) is 26.5 Å². The number of anilines is 1. The standard InChI is InChI=1S/C11H18N4O2S/c1-11(2,3)7-6-18-10(14-7)15-9(17)5-13-8(16)4-12/h6H,4-5,12H2,1-3H3,(H,13,16)(H,14,15,17). The Labute approximate surface area is 110 Å². The molecular formula is C11H18N4O2S. The van der Waals surface area contributed by atoms with Crippen molar-refractivity contribution in [3.63, 3.8) is 0 Å². The van der Waals surface area contributed by atoms with E-state index in [4.69, 9.17) is 5.73 Å². The molecule has 0 atom stereocenters. The smallest absolute Gasteiger partial charge is 0.245 e. The molecule has 100 valence electrons. The van der Waals surface area contributed by atoms with Gasteiger partial charge in [-0.15, -0.1) is 11.3 Å². The van der Waals surface area contributed by atoms with Crippen molar-refractivity contribution in [1.82, 2.24) is 10.3 Å². The van der Waals surface area contributed by atoms with Crippen LogP contribution >= 0.6 is 11.3 Å². The molecule has 0 spiro atoms. The van der Waals surface area contributed by atoms with Gasteiger partial charge in [0.2, 0.25) is 11.8 Å². The van der Waals surface area contributed by atoms with Crippen molar-refractivity contribution in [2.75, 3.05) is 18.4 Å². The fourth-order valence-corrected chi connectivity index (χ4v) is 2.04. The highest BCUT2D eigenvalue weighted by Gasteiger charge is 2.18. The molecule has 1 heterocycles. The summed E-state index contributed by atoms with van der Waals surface area (Å²) in [7, 11) is 0. The molecular weight excluding hydrogens is 252 g/mol. The van der Waals surface area contributed by atoms with Crippen LogP contribution in [0, 0.1) is 0 Å². The maximum Gasteiger partial charge on any atom is 0.245 e. The summed E-state index contributed by atoms with van der Waals surface area (Å²) in [5.41, 5.74) is 5.98. The fourth-order valence-electron chi connectivity index (χ4n) is 1.09. The van der Waals surface area contributed by atoms with E-state index in [-0.39, 0.29) is 30.3 Å². The number of nitrogens with zero attached hydrogens (tertiary/aromatic N) is 1. The monoisotopic (exact) mass is 270 g/mol. The van der Waals surface area contributed by atoms with E-state index in [1.165, 1.54) is 11.3 Å². The SMILES string of the molecule is CC(C)(C)c1csc(NC(=O)CNC(=O)CN)n1. The van der Waals surface area contributed by atoms with E-state index in [0.717, 1.165) is 5.69 Å². The number of carbonyl (C=O) groups is 2. The molecule has 0 unspecified atom stereocenters. The highest BCUT2D eigenvalue weighted by molar-refractivity contribution is 7.13. The van der Waals surface area contributed by atoms with Crippen molar-refractivity contribution in [1.29, 1.82) is 0 Å². The third kappa shape index (κ3) is 4.42. The van der Waals surface area contributed by atoms with E-state index in [1.54, 1.807) is 0 Å². The first-order valence-electron chi connectivity index (χ1n) is 5.55. The predicted octanol–water partition coefficient (Wildman–Crippen LogP) is 0.454. The van der Waals surface area contributed by atoms with Crippen molar-refractivity contribution in [3.05, 3.63) is 11.1 Å². The average molecular weight is 270 g/mol. The van der Waals surface area contributed by atoms with Gasteiger partial charge in [0, 0.05) is 10.8 Å². The number of hydrogen-bond donors (Lipinski definition) is 3. The summed E-state index contributed by atoms with van der Waals surface area (Å²) in [5, 5.41) is 7.46. The Balaban J connectivity index is 2.50. The van der Waals surface area contributed by atoms with Gasteiger partial charge in [0.1, 0.15) is 0 Å². The minimum absolute atomic E-state index is 0.0484. The first kappa shape index (κ1) is 14.6. The molecule has 7 heteroatoms. The van der Waals surface area contributed by atoms with Gasteiger partial charge in [0.15, 0.2) is 5.13 Å². The Morgan fingerprint density at radius 2 is 2.06 bits per heavy atom. The Hall–Kier alpha value is -1.47. The third-order valence-corrected chi connectivity index (χ3v) is 2.91. The molecule has 0 radical (unpaired) electrons. The highest BCUT2D eigenvalue weighted by Crippen LogP contribution is 2.26. The van der Waals surface area contributed by atoms with Gasteiger partial charge in [-0.3, -0.25) is 9.59 Å². The number of thiazole rings is 1. The van der Waals surface area contributed by atoms with Gasteiger partial charge in [0.05, 0.1) is 18.8 Å². The van der Waals surface area contributed by atoms with E-state index in [0.29, 0.717) is 5.13 Å². The third-order valence-electron chi connectivity index (χ3n) is 2.15. The summed E-state index contributed by atoms with van der Waals surface area (Å²) in [6.45, 7) is 5.93. The van der Waals surface area contributed by atoms with Crippen LogP contribution < -0.4 is 16.4 Å². The maximum atomic E-state index is 11.5. The Kier molecular flexibility index (Phi) is 4.80. The van der Waals surface area contributed by atoms with Gasteiger partial charge in [-0.1, -0.05) is 20.8 Å². The minimum atomic E-state index is -0.361. The van der Waals surface area contributed by atoms with Crippen LogP contribution in [0.3, 0.4) is 0 Å². The van der Waals surface area contributed by atoms with Crippen molar-refractivity contribution in [2.24, 2.45) is 5.73 Å². The molecule has 0 aliphatic rings. The van der Waals surface area contributed by atoms with Gasteiger partial charge in [-0.2, -0.15) is 0 Å². The first-order valence-corrected chi connectivity index (χ1v) is 6.43. The van der Waals surface area contributed by atoms with Crippen LogP contribution in [-0.2, 0) is 15.0 Å². The lowest BCUT2D eigenvalue weighted by atomic mass is 9.93. The van der Waals surface area contributed by atoms with E-state index in [1.807, 2.05) is 5.38 Å². The largest absolute Gasteiger partial charge is 0.346 e. The normalized spacial score (nSPS) is 11.1. The van der Waals surface area contributed by atoms with Crippen LogP contribution in [0.4, 0.5) is 5.13 Å². The van der Waals surface area contributed by atoms with Crippen LogP contribution in [0.5, 0.6) is 0 Å². The number of amides is 2. The molecule has 0 saturated heterocycles. The number of hydrogen-bond acceptors (Lipinski definition) is 5. The summed E-state index contributed by atoms with van der Waals surface area (Å²) in [4.78, 5) is 26.7. The van der Waals surface area contributed by atoms with Crippen LogP contribution in [0.2, 0.25) is 0 Å². The molecule has 18 heavy (non-hydrogen) atoms. The number of nitrogens with one attached hydrogen (secondary N) is 2. The Morgan fingerprint density at radius 1 is 1.39 bits per heavy atom. The molecule has 0 aliphatic heterocycles. The van der Waals surface area contributed by atoms with E-state index >= 15 is 0 Å². The first-order chi connectivity index (χ1) is 8.32. The molecule has 0 fully saturated rings. The van der Waals surface area contributed by atoms with Crippen LogP contribution in [-0.4, -0.2) is 29.9 Å². The predicted molar refractivity (Wildman–Crippen MR) is 71.5 cm³/mol. The van der Waals surface area contributed by atoms with E-state index in [9.17, 15) is 9.59 Å². The summed E-state index contributed by atoms with van der Waals surface area (Å²) < 4.78 is 0. The molecule has 6 nitrogen and oxygen atoms in total. The molecule has 0 aromatic carbocycles. The van der Waals surface area contributed by atoms with Crippen molar-refractivity contribution in [2.45, 2.75) is 26.2 Å². The van der Waals surface area contributed by atoms with Crippen molar-refractivity contribution < 1.29 is 9.59 Å². The zero-order valence-electron chi connectivity index (χ0n) is 10.7. The van der Waals surface area contributed by atoms with Crippen LogP contribution in [0.15, 0.2) is 5.38 Å². The molecule has 2 amide bonds. The number of nitrogens with two attached hydrogens (primary N) is 1. The molecule has 0 aliphatic carbocycles. The van der Waals surface area contributed by atoms with Crippen LogP contribution in [0.25, 0.3) is 0 Å². The molecule has 1 aromatic heterocycles. The van der Waals surface area contributed by atoms with Gasteiger partial charge < -0.3 is 16.4 Å². The van der Waals surface area contributed by atoms with Gasteiger partial charge in [-0.05, 0) is 0 Å². The second-order valence-corrected chi connectivity index (χ2v) is 5.68. The Bertz CT molecular complexity index is 436. The lowest BCUT2D eigenvalue weighted by molar-refractivity contribution is -0.123. The highest BCUT2D eigenvalue weighted by atomic mass is 32.1.